The van der Waals surface area contributed by atoms with E-state index in [1.807, 2.05) is 6.07 Å². The van der Waals surface area contributed by atoms with E-state index in [1.165, 1.54) is 26.4 Å². The summed E-state index contributed by atoms with van der Waals surface area (Å²) in [4.78, 5) is 32.7. The Hall–Kier alpha value is -2.11. The van der Waals surface area contributed by atoms with Crippen LogP contribution in [0.5, 0.6) is 0 Å². The number of esters is 1. The van der Waals surface area contributed by atoms with E-state index < -0.39 is 0 Å². The van der Waals surface area contributed by atoms with Crippen molar-refractivity contribution in [3.63, 3.8) is 0 Å². The summed E-state index contributed by atoms with van der Waals surface area (Å²) in [6, 6.07) is 4.17. The van der Waals surface area contributed by atoms with Gasteiger partial charge in [0.1, 0.15) is 5.82 Å². The minimum atomic E-state index is -0.361. The van der Waals surface area contributed by atoms with Crippen molar-refractivity contribution in [2.24, 2.45) is 5.41 Å². The molecule has 3 fully saturated rings. The number of methoxy groups -OCH3 is 1. The molecule has 1 atom stereocenters. The molecule has 1 spiro atoms. The van der Waals surface area contributed by atoms with Gasteiger partial charge in [-0.15, -0.1) is 0 Å². The fraction of sp³-hybridized carbons (Fsp3) is 0.632. The second-order valence-corrected chi connectivity index (χ2v) is 7.67. The van der Waals surface area contributed by atoms with Crippen LogP contribution in [0.25, 0.3) is 0 Å². The van der Waals surface area contributed by atoms with Crippen LogP contribution in [0.3, 0.4) is 0 Å². The molecule has 6 heteroatoms. The smallest absolute Gasteiger partial charge is 0.339 e. The van der Waals surface area contributed by atoms with E-state index in [9.17, 15) is 9.59 Å². The second-order valence-electron chi connectivity index (χ2n) is 7.67. The van der Waals surface area contributed by atoms with Gasteiger partial charge in [0.15, 0.2) is 0 Å². The highest BCUT2D eigenvalue weighted by Gasteiger charge is 2.45. The first-order valence-electron chi connectivity index (χ1n) is 9.19. The molecule has 1 aromatic heterocycles. The number of likely N-dealkylation sites (tertiary alicyclic amines) is 1. The number of rotatable bonds is 3. The Morgan fingerprint density at radius 3 is 2.80 bits per heavy atom. The lowest BCUT2D eigenvalue weighted by Crippen LogP contribution is -2.54. The van der Waals surface area contributed by atoms with Crippen LogP contribution < -0.4 is 4.90 Å². The summed E-state index contributed by atoms with van der Waals surface area (Å²) in [5.41, 5.74) is 0.665. The van der Waals surface area contributed by atoms with Gasteiger partial charge in [0.25, 0.3) is 0 Å². The maximum atomic E-state index is 12.2. The van der Waals surface area contributed by atoms with Crippen LogP contribution in [0.1, 0.15) is 48.9 Å². The Balaban J connectivity index is 1.49. The lowest BCUT2D eigenvalue weighted by atomic mass is 9.73. The van der Waals surface area contributed by atoms with E-state index in [0.717, 1.165) is 38.3 Å². The molecule has 0 N–H and O–H groups in total. The predicted molar refractivity (Wildman–Crippen MR) is 93.4 cm³/mol. The fourth-order valence-electron chi connectivity index (χ4n) is 4.31. The topological polar surface area (TPSA) is 62.7 Å². The molecule has 2 aliphatic heterocycles. The summed E-state index contributed by atoms with van der Waals surface area (Å²) in [6.45, 7) is 2.81. The minimum Gasteiger partial charge on any atom is -0.465 e. The maximum Gasteiger partial charge on any atom is 0.339 e. The molecular weight excluding hydrogens is 318 g/mol. The maximum absolute atomic E-state index is 12.2. The first-order chi connectivity index (χ1) is 12.1. The number of amides is 1. The van der Waals surface area contributed by atoms with Crippen LogP contribution in [0.15, 0.2) is 18.3 Å². The molecule has 3 aliphatic rings. The predicted octanol–water partition coefficient (Wildman–Crippen LogP) is 2.24. The quantitative estimate of drug-likeness (QED) is 0.788. The molecule has 4 rings (SSSR count). The standard InChI is InChI=1S/C19H25N3O3/c1-25-18(24)14-3-6-16(20-11-14)21-10-2-8-19(12-21)9-7-17(23)22(13-19)15-4-5-15/h3,6,11,15H,2,4-5,7-10,12-13H2,1H3/t19-/m0/s1. The highest BCUT2D eigenvalue weighted by Crippen LogP contribution is 2.43. The molecule has 3 heterocycles. The van der Waals surface area contributed by atoms with Crippen molar-refractivity contribution in [2.75, 3.05) is 31.6 Å². The van der Waals surface area contributed by atoms with Gasteiger partial charge in [0.05, 0.1) is 12.7 Å². The summed E-state index contributed by atoms with van der Waals surface area (Å²) >= 11 is 0. The summed E-state index contributed by atoms with van der Waals surface area (Å²) in [5, 5.41) is 0. The van der Waals surface area contributed by atoms with Crippen molar-refractivity contribution in [3.05, 3.63) is 23.9 Å². The van der Waals surface area contributed by atoms with E-state index in [1.54, 1.807) is 12.3 Å². The molecule has 134 valence electrons. The summed E-state index contributed by atoms with van der Waals surface area (Å²) in [7, 11) is 1.38. The highest BCUT2D eigenvalue weighted by molar-refractivity contribution is 5.89. The number of aromatic nitrogens is 1. The normalized spacial score (nSPS) is 26.8. The van der Waals surface area contributed by atoms with Crippen molar-refractivity contribution in [3.8, 4) is 0 Å². The molecule has 2 saturated heterocycles. The van der Waals surface area contributed by atoms with Gasteiger partial charge < -0.3 is 14.5 Å². The van der Waals surface area contributed by atoms with Crippen molar-refractivity contribution in [1.29, 1.82) is 0 Å². The van der Waals surface area contributed by atoms with E-state index in [4.69, 9.17) is 4.74 Å². The van der Waals surface area contributed by atoms with Crippen LogP contribution in [0.4, 0.5) is 5.82 Å². The molecular formula is C19H25N3O3. The molecule has 6 nitrogen and oxygen atoms in total. The molecule has 0 aromatic carbocycles. The molecule has 1 saturated carbocycles. The SMILES string of the molecule is COC(=O)c1ccc(N2CCC[C@]3(CCC(=O)N(C4CC4)C3)C2)nc1. The molecule has 25 heavy (non-hydrogen) atoms. The van der Waals surface area contributed by atoms with Crippen molar-refractivity contribution < 1.29 is 14.3 Å². The largest absolute Gasteiger partial charge is 0.465 e. The third-order valence-electron chi connectivity index (χ3n) is 5.84. The number of carbonyl (C=O) groups is 2. The third-order valence-corrected chi connectivity index (χ3v) is 5.84. The Morgan fingerprint density at radius 1 is 1.28 bits per heavy atom. The van der Waals surface area contributed by atoms with Crippen molar-refractivity contribution in [1.82, 2.24) is 9.88 Å². The number of hydrogen-bond donors (Lipinski definition) is 0. The molecule has 0 unspecified atom stereocenters. The number of carbonyl (C=O) groups excluding carboxylic acids is 2. The van der Waals surface area contributed by atoms with Gasteiger partial charge in [0.2, 0.25) is 5.91 Å². The summed E-state index contributed by atoms with van der Waals surface area (Å²) in [6.07, 6.45) is 7.88. The Labute approximate surface area is 148 Å². The Morgan fingerprint density at radius 2 is 2.12 bits per heavy atom. The number of nitrogens with zero attached hydrogens (tertiary/aromatic N) is 3. The number of hydrogen-bond acceptors (Lipinski definition) is 5. The Kier molecular flexibility index (Phi) is 4.13. The van der Waals surface area contributed by atoms with Crippen molar-refractivity contribution >= 4 is 17.7 Å². The molecule has 1 amide bonds. The average molecular weight is 343 g/mol. The zero-order valence-corrected chi connectivity index (χ0v) is 14.7. The third kappa shape index (κ3) is 3.22. The van der Waals surface area contributed by atoms with Crippen LogP contribution in [0, 0.1) is 5.41 Å². The van der Waals surface area contributed by atoms with Gasteiger partial charge in [-0.1, -0.05) is 0 Å². The van der Waals surface area contributed by atoms with Gasteiger partial charge in [-0.25, -0.2) is 9.78 Å². The van der Waals surface area contributed by atoms with E-state index in [2.05, 4.69) is 14.8 Å². The number of ether oxygens (including phenoxy) is 1. The average Bonchev–Trinajstić information content (AvgIpc) is 3.49. The van der Waals surface area contributed by atoms with Crippen LogP contribution in [0.2, 0.25) is 0 Å². The minimum absolute atomic E-state index is 0.192. The highest BCUT2D eigenvalue weighted by atomic mass is 16.5. The van der Waals surface area contributed by atoms with Crippen molar-refractivity contribution in [2.45, 2.75) is 44.6 Å². The van der Waals surface area contributed by atoms with E-state index in [-0.39, 0.29) is 11.4 Å². The van der Waals surface area contributed by atoms with E-state index >= 15 is 0 Å². The molecule has 1 aliphatic carbocycles. The fourth-order valence-corrected chi connectivity index (χ4v) is 4.31. The summed E-state index contributed by atoms with van der Waals surface area (Å²) < 4.78 is 4.73. The zero-order valence-electron chi connectivity index (χ0n) is 14.7. The molecule has 1 aromatic rings. The van der Waals surface area contributed by atoms with Gasteiger partial charge in [-0.05, 0) is 44.2 Å². The van der Waals surface area contributed by atoms with Crippen LogP contribution >= 0.6 is 0 Å². The monoisotopic (exact) mass is 343 g/mol. The van der Waals surface area contributed by atoms with Gasteiger partial charge in [-0.3, -0.25) is 4.79 Å². The zero-order chi connectivity index (χ0) is 17.4. The number of pyridine rings is 1. The second kappa shape index (κ2) is 6.32. The van der Waals surface area contributed by atoms with E-state index in [0.29, 0.717) is 23.9 Å². The number of piperidine rings is 2. The lowest BCUT2D eigenvalue weighted by Gasteiger charge is -2.48. The molecule has 0 radical (unpaired) electrons. The van der Waals surface area contributed by atoms with Crippen LogP contribution in [-0.2, 0) is 9.53 Å². The van der Waals surface area contributed by atoms with Gasteiger partial charge >= 0.3 is 5.97 Å². The Bertz CT molecular complexity index is 671. The first-order valence-corrected chi connectivity index (χ1v) is 9.19. The first kappa shape index (κ1) is 16.4. The number of anilines is 1. The lowest BCUT2D eigenvalue weighted by molar-refractivity contribution is -0.138. The summed E-state index contributed by atoms with van der Waals surface area (Å²) in [5.74, 6) is 0.882. The van der Waals surface area contributed by atoms with Gasteiger partial charge in [-0.2, -0.15) is 0 Å². The van der Waals surface area contributed by atoms with Crippen LogP contribution in [-0.4, -0.2) is 54.5 Å². The molecule has 0 bridgehead atoms. The van der Waals surface area contributed by atoms with Gasteiger partial charge in [0, 0.05) is 43.7 Å².